The van der Waals surface area contributed by atoms with Gasteiger partial charge in [0.15, 0.2) is 5.76 Å². The maximum Gasteiger partial charge on any atom is 0.230 e. The Bertz CT molecular complexity index is 604. The Hall–Kier alpha value is -0.820. The number of nitrogens with one attached hydrogen (secondary N) is 1. The van der Waals surface area contributed by atoms with Crippen molar-refractivity contribution in [3.05, 3.63) is 17.5 Å². The molecule has 26 heavy (non-hydrogen) atoms. The molecule has 4 rings (SSSR count). The van der Waals surface area contributed by atoms with Gasteiger partial charge in [0, 0.05) is 38.8 Å². The fourth-order valence-electron chi connectivity index (χ4n) is 4.80. The quantitative estimate of drug-likeness (QED) is 0.836. The maximum atomic E-state index is 13.3. The molecule has 3 fully saturated rings. The van der Waals surface area contributed by atoms with Crippen LogP contribution in [0.5, 0.6) is 0 Å². The van der Waals surface area contributed by atoms with E-state index in [2.05, 4.69) is 20.3 Å². The van der Waals surface area contributed by atoms with Crippen molar-refractivity contribution in [2.75, 3.05) is 39.3 Å². The first-order valence-electron chi connectivity index (χ1n) is 9.32. The number of piperazine rings is 1. The molecule has 0 spiro atoms. The van der Waals surface area contributed by atoms with Crippen LogP contribution in [0.4, 0.5) is 0 Å². The second kappa shape index (κ2) is 8.91. The zero-order chi connectivity index (χ0) is 16.6. The van der Waals surface area contributed by atoms with E-state index in [1.807, 2.05) is 13.0 Å². The van der Waals surface area contributed by atoms with Gasteiger partial charge in [0.2, 0.25) is 5.91 Å². The highest BCUT2D eigenvalue weighted by Gasteiger charge is 2.51. The predicted molar refractivity (Wildman–Crippen MR) is 105 cm³/mol. The number of rotatable bonds is 3. The van der Waals surface area contributed by atoms with E-state index in [0.717, 1.165) is 63.7 Å². The molecule has 148 valence electrons. The van der Waals surface area contributed by atoms with Gasteiger partial charge in [-0.2, -0.15) is 0 Å². The molecule has 3 heterocycles. The van der Waals surface area contributed by atoms with Crippen LogP contribution >= 0.6 is 24.8 Å². The zero-order valence-corrected chi connectivity index (χ0v) is 17.0. The lowest BCUT2D eigenvalue weighted by molar-refractivity contribution is -0.147. The number of carbonyl (C=O) groups excluding carboxylic acids is 1. The van der Waals surface area contributed by atoms with Gasteiger partial charge in [0.1, 0.15) is 0 Å². The van der Waals surface area contributed by atoms with Gasteiger partial charge in [-0.05, 0) is 32.2 Å². The van der Waals surface area contributed by atoms with Crippen LogP contribution in [0.1, 0.15) is 37.1 Å². The summed E-state index contributed by atoms with van der Waals surface area (Å²) >= 11 is 0. The summed E-state index contributed by atoms with van der Waals surface area (Å²) in [5.41, 5.74) is 0.817. The van der Waals surface area contributed by atoms with Crippen LogP contribution < -0.4 is 5.32 Å². The molecular formula is C18H30Cl2N4O2. The summed E-state index contributed by atoms with van der Waals surface area (Å²) in [4.78, 5) is 17.7. The highest BCUT2D eigenvalue weighted by Crippen LogP contribution is 2.45. The molecule has 0 aromatic carbocycles. The molecule has 1 amide bonds. The van der Waals surface area contributed by atoms with Gasteiger partial charge in [-0.15, -0.1) is 24.8 Å². The normalized spacial score (nSPS) is 28.8. The van der Waals surface area contributed by atoms with Crippen molar-refractivity contribution in [2.45, 2.75) is 39.2 Å². The van der Waals surface area contributed by atoms with Crippen LogP contribution in [-0.2, 0) is 11.3 Å². The highest BCUT2D eigenvalue weighted by molar-refractivity contribution is 5.85. The van der Waals surface area contributed by atoms with Crippen LogP contribution in [0.15, 0.2) is 10.6 Å². The van der Waals surface area contributed by atoms with Gasteiger partial charge >= 0.3 is 0 Å². The molecule has 6 nitrogen and oxygen atoms in total. The third-order valence-electron chi connectivity index (χ3n) is 6.18. The number of aromatic nitrogens is 1. The summed E-state index contributed by atoms with van der Waals surface area (Å²) in [6, 6.07) is 1.99. The highest BCUT2D eigenvalue weighted by atomic mass is 35.5. The molecule has 2 atom stereocenters. The van der Waals surface area contributed by atoms with Gasteiger partial charge in [0.05, 0.1) is 17.7 Å². The second-order valence-corrected chi connectivity index (χ2v) is 7.73. The van der Waals surface area contributed by atoms with Crippen molar-refractivity contribution in [1.29, 1.82) is 0 Å². The van der Waals surface area contributed by atoms with E-state index in [-0.39, 0.29) is 30.2 Å². The SMILES string of the molecule is Cc1cc(CN2CCN(C(=O)[C@@]34CCCC[C@H]3CNC4)CC2)on1.Cl.Cl. The predicted octanol–water partition coefficient (Wildman–Crippen LogP) is 2.25. The fourth-order valence-corrected chi connectivity index (χ4v) is 4.80. The molecule has 1 aromatic heterocycles. The molecule has 1 N–H and O–H groups in total. The van der Waals surface area contributed by atoms with Crippen LogP contribution in [0, 0.1) is 18.3 Å². The fraction of sp³-hybridized carbons (Fsp3) is 0.778. The third-order valence-corrected chi connectivity index (χ3v) is 6.18. The summed E-state index contributed by atoms with van der Waals surface area (Å²) in [6.45, 7) is 8.14. The average Bonchev–Trinajstić information content (AvgIpc) is 3.21. The number of nitrogens with zero attached hydrogens (tertiary/aromatic N) is 3. The van der Waals surface area contributed by atoms with Crippen LogP contribution in [-0.4, -0.2) is 60.1 Å². The Labute approximate surface area is 167 Å². The van der Waals surface area contributed by atoms with Gasteiger partial charge in [-0.25, -0.2) is 0 Å². The number of aryl methyl sites for hydroxylation is 1. The van der Waals surface area contributed by atoms with Crippen molar-refractivity contribution in [3.63, 3.8) is 0 Å². The largest absolute Gasteiger partial charge is 0.360 e. The lowest BCUT2D eigenvalue weighted by Crippen LogP contribution is -2.55. The summed E-state index contributed by atoms with van der Waals surface area (Å²) in [5.74, 6) is 1.87. The molecule has 3 aliphatic rings. The topological polar surface area (TPSA) is 61.6 Å². The smallest absolute Gasteiger partial charge is 0.230 e. The van der Waals surface area contributed by atoms with E-state index in [9.17, 15) is 4.79 Å². The molecule has 8 heteroatoms. The number of amides is 1. The van der Waals surface area contributed by atoms with E-state index in [1.54, 1.807) is 0 Å². The van der Waals surface area contributed by atoms with Crippen molar-refractivity contribution >= 4 is 30.7 Å². The second-order valence-electron chi connectivity index (χ2n) is 7.73. The Morgan fingerprint density at radius 2 is 2.08 bits per heavy atom. The van der Waals surface area contributed by atoms with E-state index >= 15 is 0 Å². The van der Waals surface area contributed by atoms with Gasteiger partial charge in [-0.1, -0.05) is 18.0 Å². The Morgan fingerprint density at radius 1 is 1.31 bits per heavy atom. The van der Waals surface area contributed by atoms with Crippen LogP contribution in [0.25, 0.3) is 0 Å². The van der Waals surface area contributed by atoms with Gasteiger partial charge < -0.3 is 14.7 Å². The zero-order valence-electron chi connectivity index (χ0n) is 15.4. The number of fused-ring (bicyclic) bond motifs is 1. The number of hydrogen-bond donors (Lipinski definition) is 1. The first-order chi connectivity index (χ1) is 11.7. The van der Waals surface area contributed by atoms with Gasteiger partial charge in [-0.3, -0.25) is 9.69 Å². The molecule has 0 radical (unpaired) electrons. The number of halogens is 2. The first-order valence-corrected chi connectivity index (χ1v) is 9.32. The summed E-state index contributed by atoms with van der Waals surface area (Å²) in [6.07, 6.45) is 4.77. The van der Waals surface area contributed by atoms with Crippen molar-refractivity contribution in [2.24, 2.45) is 11.3 Å². The molecule has 2 aliphatic heterocycles. The number of hydrogen-bond acceptors (Lipinski definition) is 5. The molecule has 1 aromatic rings. The van der Waals surface area contributed by atoms with E-state index < -0.39 is 0 Å². The third kappa shape index (κ3) is 4.03. The first kappa shape index (κ1) is 21.5. The molecular weight excluding hydrogens is 375 g/mol. The van der Waals surface area contributed by atoms with Crippen molar-refractivity contribution in [1.82, 2.24) is 20.3 Å². The maximum absolute atomic E-state index is 13.3. The monoisotopic (exact) mass is 404 g/mol. The summed E-state index contributed by atoms with van der Waals surface area (Å²) in [5, 5.41) is 7.44. The van der Waals surface area contributed by atoms with E-state index in [0.29, 0.717) is 11.8 Å². The lowest BCUT2D eigenvalue weighted by atomic mass is 9.67. The van der Waals surface area contributed by atoms with E-state index in [1.165, 1.54) is 19.3 Å². The van der Waals surface area contributed by atoms with Crippen LogP contribution in [0.2, 0.25) is 0 Å². The van der Waals surface area contributed by atoms with Crippen molar-refractivity contribution < 1.29 is 9.32 Å². The molecule has 0 bridgehead atoms. The molecule has 1 aliphatic carbocycles. The minimum atomic E-state index is -0.109. The lowest BCUT2D eigenvalue weighted by Gasteiger charge is -2.43. The van der Waals surface area contributed by atoms with E-state index in [4.69, 9.17) is 4.52 Å². The Kier molecular flexibility index (Phi) is 7.36. The molecule has 2 saturated heterocycles. The van der Waals surface area contributed by atoms with Gasteiger partial charge in [0.25, 0.3) is 0 Å². The average molecular weight is 405 g/mol. The summed E-state index contributed by atoms with van der Waals surface area (Å²) in [7, 11) is 0. The molecule has 1 saturated carbocycles. The standard InChI is InChI=1S/C18H28N4O2.2ClH/c1-14-10-16(24-20-14)12-21-6-8-22(9-7-21)17(23)18-5-3-2-4-15(18)11-19-13-18;;/h10,15,19H,2-9,11-13H2,1H3;2*1H/t15-,18+;;/m0../s1. The summed E-state index contributed by atoms with van der Waals surface area (Å²) < 4.78 is 5.31. The van der Waals surface area contributed by atoms with Crippen molar-refractivity contribution in [3.8, 4) is 0 Å². The molecule has 0 unspecified atom stereocenters. The Balaban J connectivity index is 0.00000121. The minimum Gasteiger partial charge on any atom is -0.360 e. The minimum absolute atomic E-state index is 0. The Morgan fingerprint density at radius 3 is 2.77 bits per heavy atom. The van der Waals surface area contributed by atoms with Crippen LogP contribution in [0.3, 0.4) is 0 Å². The number of carbonyl (C=O) groups is 1.